The molecular formula is C34H19N. The molecule has 160 valence electrons. The van der Waals surface area contributed by atoms with Crippen molar-refractivity contribution in [3.8, 4) is 11.1 Å². The van der Waals surface area contributed by atoms with Crippen LogP contribution in [0.2, 0.25) is 0 Å². The zero-order valence-corrected chi connectivity index (χ0v) is 18.9. The van der Waals surface area contributed by atoms with E-state index in [1.165, 1.54) is 81.5 Å². The Labute approximate surface area is 201 Å². The van der Waals surface area contributed by atoms with Crippen molar-refractivity contribution in [1.82, 2.24) is 4.40 Å². The summed E-state index contributed by atoms with van der Waals surface area (Å²) in [7, 11) is 0. The van der Waals surface area contributed by atoms with Crippen molar-refractivity contribution in [2.45, 2.75) is 0 Å². The average molecular weight is 442 g/mol. The molecule has 1 heteroatoms. The summed E-state index contributed by atoms with van der Waals surface area (Å²) >= 11 is 0. The van der Waals surface area contributed by atoms with Gasteiger partial charge in [0.25, 0.3) is 0 Å². The molecule has 0 spiro atoms. The third kappa shape index (κ3) is 2.02. The molecule has 0 unspecified atom stereocenters. The highest BCUT2D eigenvalue weighted by Crippen LogP contribution is 2.50. The summed E-state index contributed by atoms with van der Waals surface area (Å²) in [6.07, 6.45) is 0. The molecule has 0 aliphatic rings. The van der Waals surface area contributed by atoms with Gasteiger partial charge in [0.05, 0.1) is 16.6 Å². The Balaban J connectivity index is 1.68. The number of nitrogens with zero attached hydrogens (tertiary/aromatic N) is 1. The van der Waals surface area contributed by atoms with Crippen LogP contribution < -0.4 is 0 Å². The van der Waals surface area contributed by atoms with E-state index >= 15 is 0 Å². The van der Waals surface area contributed by atoms with Gasteiger partial charge in [-0.2, -0.15) is 0 Å². The third-order valence-electron chi connectivity index (χ3n) is 8.06. The van der Waals surface area contributed by atoms with E-state index in [9.17, 15) is 0 Å². The molecule has 0 radical (unpaired) electrons. The fraction of sp³-hybridized carbons (Fsp3) is 0. The van der Waals surface area contributed by atoms with Crippen LogP contribution in [0.1, 0.15) is 0 Å². The Morgan fingerprint density at radius 1 is 0.371 bits per heavy atom. The van der Waals surface area contributed by atoms with Gasteiger partial charge in [-0.1, -0.05) is 97.1 Å². The maximum absolute atomic E-state index is 2.50. The molecule has 9 aromatic rings. The van der Waals surface area contributed by atoms with Gasteiger partial charge < -0.3 is 4.40 Å². The summed E-state index contributed by atoms with van der Waals surface area (Å²) < 4.78 is 2.50. The molecule has 9 rings (SSSR count). The number of hydrogen-bond acceptors (Lipinski definition) is 0. The quantitative estimate of drug-likeness (QED) is 0.223. The molecule has 35 heavy (non-hydrogen) atoms. The fourth-order valence-electron chi connectivity index (χ4n) is 6.72. The van der Waals surface area contributed by atoms with E-state index in [4.69, 9.17) is 0 Å². The van der Waals surface area contributed by atoms with Crippen LogP contribution in [-0.4, -0.2) is 4.40 Å². The first-order chi connectivity index (χ1) is 17.4. The summed E-state index contributed by atoms with van der Waals surface area (Å²) in [5, 5.41) is 13.4. The van der Waals surface area contributed by atoms with Gasteiger partial charge in [-0.05, 0) is 56.3 Å². The van der Waals surface area contributed by atoms with Gasteiger partial charge in [0, 0.05) is 26.9 Å². The second-order valence-corrected chi connectivity index (χ2v) is 9.69. The van der Waals surface area contributed by atoms with Gasteiger partial charge in [-0.25, -0.2) is 0 Å². The molecule has 0 fully saturated rings. The van der Waals surface area contributed by atoms with Crippen molar-refractivity contribution in [1.29, 1.82) is 0 Å². The minimum absolute atomic E-state index is 1.28. The normalized spacial score (nSPS) is 12.6. The summed E-state index contributed by atoms with van der Waals surface area (Å²) in [5.41, 5.74) is 6.56. The number of aromatic nitrogens is 1. The Hall–Kier alpha value is -4.62. The number of rotatable bonds is 1. The van der Waals surface area contributed by atoms with E-state index < -0.39 is 0 Å². The predicted octanol–water partition coefficient (Wildman–Crippen LogP) is 9.40. The monoisotopic (exact) mass is 441 g/mol. The molecule has 2 aromatic heterocycles. The lowest BCUT2D eigenvalue weighted by Gasteiger charge is -2.15. The first kappa shape index (κ1) is 17.8. The average Bonchev–Trinajstić information content (AvgIpc) is 3.44. The Kier molecular flexibility index (Phi) is 3.09. The lowest BCUT2D eigenvalue weighted by molar-refractivity contribution is 1.37. The maximum atomic E-state index is 2.50. The number of hydrogen-bond donors (Lipinski definition) is 0. The van der Waals surface area contributed by atoms with E-state index in [0.717, 1.165) is 0 Å². The molecule has 0 amide bonds. The highest BCUT2D eigenvalue weighted by Gasteiger charge is 2.25. The van der Waals surface area contributed by atoms with Gasteiger partial charge in [0.1, 0.15) is 0 Å². The molecule has 7 aromatic carbocycles. The number of fused-ring (bicyclic) bond motifs is 8. The van der Waals surface area contributed by atoms with Crippen LogP contribution in [0.15, 0.2) is 115 Å². The topological polar surface area (TPSA) is 4.41 Å². The van der Waals surface area contributed by atoms with Crippen molar-refractivity contribution in [3.63, 3.8) is 0 Å². The molecule has 2 heterocycles. The molecule has 1 nitrogen and oxygen atoms in total. The zero-order chi connectivity index (χ0) is 22.7. The Bertz CT molecular complexity index is 2260. The third-order valence-corrected chi connectivity index (χ3v) is 8.06. The van der Waals surface area contributed by atoms with Crippen LogP contribution in [0, 0.1) is 0 Å². The van der Waals surface area contributed by atoms with Crippen LogP contribution in [0.3, 0.4) is 0 Å². The van der Waals surface area contributed by atoms with Crippen molar-refractivity contribution in [2.24, 2.45) is 0 Å². The summed E-state index contributed by atoms with van der Waals surface area (Å²) in [6.45, 7) is 0. The molecule has 0 aliphatic carbocycles. The fourth-order valence-corrected chi connectivity index (χ4v) is 6.72. The van der Waals surface area contributed by atoms with E-state index in [0.29, 0.717) is 0 Å². The molecule has 0 aliphatic heterocycles. The Morgan fingerprint density at radius 3 is 1.91 bits per heavy atom. The molecule has 0 bridgehead atoms. The largest absolute Gasteiger partial charge is 0.308 e. The van der Waals surface area contributed by atoms with Gasteiger partial charge in [-0.15, -0.1) is 0 Å². The summed E-state index contributed by atoms with van der Waals surface area (Å²) in [6, 6.07) is 42.6. The highest BCUT2D eigenvalue weighted by atomic mass is 14.9. The molecule has 0 saturated heterocycles. The van der Waals surface area contributed by atoms with Crippen LogP contribution in [0.25, 0.3) is 81.5 Å². The predicted molar refractivity (Wildman–Crippen MR) is 150 cm³/mol. The number of para-hydroxylation sites is 1. The van der Waals surface area contributed by atoms with Gasteiger partial charge >= 0.3 is 0 Å². The molecular weight excluding hydrogens is 422 g/mol. The lowest BCUT2D eigenvalue weighted by atomic mass is 9.87. The van der Waals surface area contributed by atoms with E-state index in [1.807, 2.05) is 0 Å². The van der Waals surface area contributed by atoms with Gasteiger partial charge in [-0.3, -0.25) is 0 Å². The van der Waals surface area contributed by atoms with Crippen LogP contribution >= 0.6 is 0 Å². The van der Waals surface area contributed by atoms with E-state index in [2.05, 4.69) is 120 Å². The standard InChI is InChI=1S/C34H19N/c1-2-11-21-20(9-1)10-7-15-22(21)27-19-28-24-13-5-6-17-29(24)35-30-18-8-16-26-23-12-3-4-14-25(23)31(27)33(32(26)30)34(28)35/h1-19H. The second-order valence-electron chi connectivity index (χ2n) is 9.69. The van der Waals surface area contributed by atoms with Crippen molar-refractivity contribution in [3.05, 3.63) is 115 Å². The minimum Gasteiger partial charge on any atom is -0.308 e. The first-order valence-corrected chi connectivity index (χ1v) is 12.2. The maximum Gasteiger partial charge on any atom is 0.0627 e. The van der Waals surface area contributed by atoms with Crippen LogP contribution in [0.4, 0.5) is 0 Å². The van der Waals surface area contributed by atoms with Crippen molar-refractivity contribution < 1.29 is 0 Å². The lowest BCUT2D eigenvalue weighted by Crippen LogP contribution is -1.88. The van der Waals surface area contributed by atoms with E-state index in [-0.39, 0.29) is 0 Å². The first-order valence-electron chi connectivity index (χ1n) is 12.2. The molecule has 0 saturated carbocycles. The SMILES string of the molecule is c1ccc2c(-c3cc4c5ccccc5n5c6cccc7c8ccccc8c3c(c76)c45)cccc2c1. The van der Waals surface area contributed by atoms with Crippen LogP contribution in [-0.2, 0) is 0 Å². The van der Waals surface area contributed by atoms with Crippen molar-refractivity contribution in [2.75, 3.05) is 0 Å². The van der Waals surface area contributed by atoms with E-state index in [1.54, 1.807) is 0 Å². The second kappa shape index (κ2) is 6.08. The molecule has 0 N–H and O–H groups in total. The zero-order valence-electron chi connectivity index (χ0n) is 18.9. The highest BCUT2D eigenvalue weighted by molar-refractivity contribution is 6.41. The van der Waals surface area contributed by atoms with Gasteiger partial charge in [0.15, 0.2) is 0 Å². The van der Waals surface area contributed by atoms with Gasteiger partial charge in [0.2, 0.25) is 0 Å². The smallest absolute Gasteiger partial charge is 0.0627 e. The Morgan fingerprint density at radius 2 is 1.00 bits per heavy atom. The van der Waals surface area contributed by atoms with Crippen LogP contribution in [0.5, 0.6) is 0 Å². The molecule has 0 atom stereocenters. The van der Waals surface area contributed by atoms with Crippen molar-refractivity contribution >= 4 is 70.4 Å². The number of benzene rings is 7. The summed E-state index contributed by atoms with van der Waals surface area (Å²) in [5.74, 6) is 0. The minimum atomic E-state index is 1.28. The summed E-state index contributed by atoms with van der Waals surface area (Å²) in [4.78, 5) is 0.